The van der Waals surface area contributed by atoms with Gasteiger partial charge in [-0.25, -0.2) is 4.98 Å². The van der Waals surface area contributed by atoms with Gasteiger partial charge >= 0.3 is 0 Å². The number of nitrogens with one attached hydrogen (secondary N) is 2. The highest BCUT2D eigenvalue weighted by atomic mass is 16.5. The second-order valence-electron chi connectivity index (χ2n) is 7.81. The van der Waals surface area contributed by atoms with Gasteiger partial charge in [0.1, 0.15) is 24.2 Å². The first kappa shape index (κ1) is 23.0. The van der Waals surface area contributed by atoms with E-state index in [0.29, 0.717) is 36.5 Å². The Hall–Kier alpha value is -4.16. The molecule has 0 radical (unpaired) electrons. The normalized spacial score (nSPS) is 14.9. The number of benzene rings is 2. The van der Waals surface area contributed by atoms with Gasteiger partial charge in [-0.1, -0.05) is 42.2 Å². The molecule has 174 valence electrons. The predicted octanol–water partition coefficient (Wildman–Crippen LogP) is 1.67. The van der Waals surface area contributed by atoms with Crippen LogP contribution < -0.4 is 15.0 Å². The van der Waals surface area contributed by atoms with Gasteiger partial charge in [0.2, 0.25) is 5.82 Å². The van der Waals surface area contributed by atoms with E-state index in [2.05, 4.69) is 32.3 Å². The maximum absolute atomic E-state index is 13.1. The summed E-state index contributed by atoms with van der Waals surface area (Å²) < 4.78 is 5.81. The lowest BCUT2D eigenvalue weighted by molar-refractivity contribution is -0.120. The molecule has 1 aliphatic heterocycles. The van der Waals surface area contributed by atoms with E-state index in [9.17, 15) is 9.59 Å². The van der Waals surface area contributed by atoms with Crippen molar-refractivity contribution >= 4 is 17.5 Å². The van der Waals surface area contributed by atoms with E-state index in [4.69, 9.17) is 9.84 Å². The number of aromatic nitrogens is 3. The minimum absolute atomic E-state index is 0.0231. The van der Waals surface area contributed by atoms with Crippen molar-refractivity contribution in [2.24, 2.45) is 0 Å². The number of rotatable bonds is 6. The fourth-order valence-corrected chi connectivity index (χ4v) is 3.50. The minimum atomic E-state index is -0.903. The molecule has 0 saturated carbocycles. The fourth-order valence-electron chi connectivity index (χ4n) is 3.50. The number of amides is 2. The van der Waals surface area contributed by atoms with Crippen molar-refractivity contribution in [3.63, 3.8) is 0 Å². The van der Waals surface area contributed by atoms with Crippen molar-refractivity contribution in [3.8, 4) is 17.6 Å². The minimum Gasteiger partial charge on any atom is -0.489 e. The molecular weight excluding hydrogens is 434 g/mol. The van der Waals surface area contributed by atoms with Crippen LogP contribution in [0.15, 0.2) is 48.5 Å². The fraction of sp³-hybridized carbons (Fsp3) is 0.280. The lowest BCUT2D eigenvalue weighted by Crippen LogP contribution is -2.49. The zero-order valence-corrected chi connectivity index (χ0v) is 18.7. The number of aliphatic hydroxyl groups excluding tert-OH is 1. The topological polar surface area (TPSA) is 120 Å². The zero-order chi connectivity index (χ0) is 23.9. The molecule has 2 amide bonds. The lowest BCUT2D eigenvalue weighted by Gasteiger charge is -2.20. The maximum atomic E-state index is 13.1. The van der Waals surface area contributed by atoms with Crippen molar-refractivity contribution in [2.75, 3.05) is 25.2 Å². The number of hydrogen-bond donors (Lipinski definition) is 3. The predicted molar refractivity (Wildman–Crippen MR) is 125 cm³/mol. The molecule has 0 bridgehead atoms. The standard InChI is InChI=1S/C25H25N5O4/c1-30-20-14-18(10-6-3-7-13-31)11-12-21(20)34-16-19(25(30)33)26-24(32)23-27-22(28-29-23)15-17-8-4-2-5-9-17/h2,4-5,8-9,11-12,14,19,31H,3,7,13,15-16H2,1H3,(H,26,32)(H,27,28,29)/t19-/m0/s1. The first-order valence-corrected chi connectivity index (χ1v) is 11.0. The number of anilines is 1. The van der Waals surface area contributed by atoms with Crippen molar-refractivity contribution < 1.29 is 19.4 Å². The van der Waals surface area contributed by atoms with Crippen molar-refractivity contribution in [2.45, 2.75) is 25.3 Å². The van der Waals surface area contributed by atoms with E-state index in [1.807, 2.05) is 36.4 Å². The van der Waals surface area contributed by atoms with Crippen LogP contribution in [-0.2, 0) is 11.2 Å². The van der Waals surface area contributed by atoms with Crippen LogP contribution in [0.4, 0.5) is 5.69 Å². The number of hydrogen-bond acceptors (Lipinski definition) is 6. The number of nitrogens with zero attached hydrogens (tertiary/aromatic N) is 3. The molecule has 2 heterocycles. The SMILES string of the molecule is CN1C(=O)[C@@H](NC(=O)c2n[nH]c(Cc3ccccc3)n2)COc2ccc(C#CCCCO)cc21. The zero-order valence-electron chi connectivity index (χ0n) is 18.7. The molecule has 1 aliphatic rings. The Labute approximate surface area is 197 Å². The number of aromatic amines is 1. The molecular formula is C25H25N5O4. The number of fused-ring (bicyclic) bond motifs is 1. The van der Waals surface area contributed by atoms with Crippen LogP contribution in [0.1, 0.15) is 40.4 Å². The van der Waals surface area contributed by atoms with Crippen LogP contribution in [0, 0.1) is 11.8 Å². The molecule has 0 spiro atoms. The molecule has 1 aromatic heterocycles. The van der Waals surface area contributed by atoms with Gasteiger partial charge in [-0.15, -0.1) is 5.10 Å². The molecule has 34 heavy (non-hydrogen) atoms. The molecule has 3 N–H and O–H groups in total. The first-order chi connectivity index (χ1) is 16.5. The number of likely N-dealkylation sites (N-methyl/N-ethyl adjacent to an activating group) is 1. The van der Waals surface area contributed by atoms with Crippen LogP contribution in [0.5, 0.6) is 5.75 Å². The summed E-state index contributed by atoms with van der Waals surface area (Å²) in [7, 11) is 1.63. The highest BCUT2D eigenvalue weighted by molar-refractivity contribution is 6.02. The number of ether oxygens (including phenoxy) is 1. The second-order valence-corrected chi connectivity index (χ2v) is 7.81. The Bertz CT molecular complexity index is 1230. The summed E-state index contributed by atoms with van der Waals surface area (Å²) >= 11 is 0. The summed E-state index contributed by atoms with van der Waals surface area (Å²) in [6.45, 7) is 0.0733. The summed E-state index contributed by atoms with van der Waals surface area (Å²) in [6.07, 6.45) is 1.70. The van der Waals surface area contributed by atoms with Crippen LogP contribution in [0.2, 0.25) is 0 Å². The number of carbonyl (C=O) groups excluding carboxylic acids is 2. The molecule has 2 aromatic carbocycles. The third kappa shape index (κ3) is 5.42. The molecule has 3 aromatic rings. The van der Waals surface area contributed by atoms with Crippen molar-refractivity contribution in [3.05, 3.63) is 71.3 Å². The van der Waals surface area contributed by atoms with Crippen LogP contribution in [0.25, 0.3) is 0 Å². The van der Waals surface area contributed by atoms with E-state index in [1.165, 1.54) is 4.90 Å². The van der Waals surface area contributed by atoms with Crippen LogP contribution in [0.3, 0.4) is 0 Å². The Balaban J connectivity index is 1.43. The molecule has 0 aliphatic carbocycles. The number of carbonyl (C=O) groups is 2. The van der Waals surface area contributed by atoms with Gasteiger partial charge in [0, 0.05) is 32.1 Å². The monoisotopic (exact) mass is 459 g/mol. The molecule has 9 heteroatoms. The van der Waals surface area contributed by atoms with Gasteiger partial charge in [-0.2, -0.15) is 0 Å². The van der Waals surface area contributed by atoms with E-state index >= 15 is 0 Å². The molecule has 0 saturated heterocycles. The summed E-state index contributed by atoms with van der Waals surface area (Å²) in [5.41, 5.74) is 2.34. The highest BCUT2D eigenvalue weighted by Crippen LogP contribution is 2.31. The van der Waals surface area contributed by atoms with Gasteiger partial charge in [0.05, 0.1) is 5.69 Å². The van der Waals surface area contributed by atoms with E-state index in [1.54, 1.807) is 19.2 Å². The quantitative estimate of drug-likeness (QED) is 0.381. The smallest absolute Gasteiger partial charge is 0.291 e. The Kier molecular flexibility index (Phi) is 7.20. The summed E-state index contributed by atoms with van der Waals surface area (Å²) in [5, 5.41) is 18.3. The maximum Gasteiger partial charge on any atom is 0.291 e. The summed E-state index contributed by atoms with van der Waals surface area (Å²) in [5.74, 6) is 6.17. The first-order valence-electron chi connectivity index (χ1n) is 11.0. The lowest BCUT2D eigenvalue weighted by atomic mass is 10.1. The molecule has 0 unspecified atom stereocenters. The molecule has 1 atom stereocenters. The van der Waals surface area contributed by atoms with Crippen molar-refractivity contribution in [1.29, 1.82) is 0 Å². The molecule has 4 rings (SSSR count). The number of H-pyrrole nitrogens is 1. The summed E-state index contributed by atoms with van der Waals surface area (Å²) in [6, 6.07) is 14.1. The van der Waals surface area contributed by atoms with Gasteiger partial charge in [0.15, 0.2) is 0 Å². The third-order valence-electron chi connectivity index (χ3n) is 5.30. The van der Waals surface area contributed by atoms with E-state index in [0.717, 1.165) is 11.1 Å². The average molecular weight is 460 g/mol. The van der Waals surface area contributed by atoms with Gasteiger partial charge in [-0.3, -0.25) is 14.7 Å². The average Bonchev–Trinajstić information content (AvgIpc) is 3.29. The highest BCUT2D eigenvalue weighted by Gasteiger charge is 2.31. The number of unbranched alkanes of at least 4 members (excludes halogenated alkanes) is 1. The summed E-state index contributed by atoms with van der Waals surface area (Å²) in [4.78, 5) is 31.5. The van der Waals surface area contributed by atoms with Gasteiger partial charge in [0.25, 0.3) is 11.8 Å². The van der Waals surface area contributed by atoms with Crippen LogP contribution >= 0.6 is 0 Å². The van der Waals surface area contributed by atoms with E-state index in [-0.39, 0.29) is 24.9 Å². The Morgan fingerprint density at radius 2 is 2.12 bits per heavy atom. The van der Waals surface area contributed by atoms with Gasteiger partial charge < -0.3 is 20.1 Å². The largest absolute Gasteiger partial charge is 0.489 e. The Morgan fingerprint density at radius 1 is 1.29 bits per heavy atom. The number of aliphatic hydroxyl groups is 1. The molecule has 9 nitrogen and oxygen atoms in total. The Morgan fingerprint density at radius 3 is 2.91 bits per heavy atom. The van der Waals surface area contributed by atoms with Gasteiger partial charge in [-0.05, 0) is 30.2 Å². The second kappa shape index (κ2) is 10.6. The van der Waals surface area contributed by atoms with Crippen LogP contribution in [-0.4, -0.2) is 58.4 Å². The van der Waals surface area contributed by atoms with Crippen molar-refractivity contribution in [1.82, 2.24) is 20.5 Å². The molecule has 0 fully saturated rings. The third-order valence-corrected chi connectivity index (χ3v) is 5.30. The van der Waals surface area contributed by atoms with E-state index < -0.39 is 11.9 Å².